The van der Waals surface area contributed by atoms with Crippen molar-refractivity contribution >= 4 is 5.91 Å². The molecule has 0 aliphatic rings. The van der Waals surface area contributed by atoms with E-state index in [2.05, 4.69) is 19.2 Å². The van der Waals surface area contributed by atoms with Crippen molar-refractivity contribution in [2.75, 3.05) is 20.6 Å². The van der Waals surface area contributed by atoms with Crippen LogP contribution >= 0.6 is 0 Å². The molecule has 1 atom stereocenters. The number of nitrogens with zero attached hydrogens (tertiary/aromatic N) is 1. The Labute approximate surface area is 109 Å². The lowest BCUT2D eigenvalue weighted by Gasteiger charge is -2.25. The first kappa shape index (κ1) is 14.5. The van der Waals surface area contributed by atoms with Crippen LogP contribution in [0.4, 0.5) is 0 Å². The van der Waals surface area contributed by atoms with Gasteiger partial charge in [-0.1, -0.05) is 19.9 Å². The molecule has 0 aromatic heterocycles. The summed E-state index contributed by atoms with van der Waals surface area (Å²) in [6, 6.07) is 6.48. The van der Waals surface area contributed by atoms with Gasteiger partial charge in [0, 0.05) is 18.2 Å². The number of rotatable bonds is 5. The molecule has 100 valence electrons. The normalized spacial score (nSPS) is 12.8. The minimum absolute atomic E-state index is 0.0925. The number of hydrogen-bond acceptors (Lipinski definition) is 3. The summed E-state index contributed by atoms with van der Waals surface area (Å²) in [6.45, 7) is 4.95. The molecule has 1 amide bonds. The smallest absolute Gasteiger partial charge is 0.251 e. The fraction of sp³-hybridized carbons (Fsp3) is 0.500. The Morgan fingerprint density at radius 2 is 2.06 bits per heavy atom. The van der Waals surface area contributed by atoms with Crippen LogP contribution in [0.2, 0.25) is 0 Å². The molecular formula is C14H22N2O2. The number of benzene rings is 1. The lowest BCUT2D eigenvalue weighted by Crippen LogP contribution is -2.44. The minimum atomic E-state index is -0.147. The number of carbonyl (C=O) groups excluding carboxylic acids is 1. The van der Waals surface area contributed by atoms with Gasteiger partial charge in [-0.3, -0.25) is 4.79 Å². The third-order valence-electron chi connectivity index (χ3n) is 2.79. The molecule has 18 heavy (non-hydrogen) atoms. The van der Waals surface area contributed by atoms with Crippen molar-refractivity contribution in [1.29, 1.82) is 0 Å². The highest BCUT2D eigenvalue weighted by atomic mass is 16.3. The third-order valence-corrected chi connectivity index (χ3v) is 2.79. The molecule has 1 aromatic rings. The van der Waals surface area contributed by atoms with Gasteiger partial charge >= 0.3 is 0 Å². The Balaban J connectivity index is 2.72. The molecule has 0 radical (unpaired) electrons. The van der Waals surface area contributed by atoms with Gasteiger partial charge in [0.05, 0.1) is 0 Å². The number of likely N-dealkylation sites (N-methyl/N-ethyl adjacent to an activating group) is 1. The molecule has 0 spiro atoms. The lowest BCUT2D eigenvalue weighted by molar-refractivity contribution is 0.0916. The van der Waals surface area contributed by atoms with Gasteiger partial charge in [-0.05, 0) is 38.2 Å². The van der Waals surface area contributed by atoms with Crippen LogP contribution in [0, 0.1) is 5.92 Å². The van der Waals surface area contributed by atoms with Gasteiger partial charge in [0.2, 0.25) is 0 Å². The van der Waals surface area contributed by atoms with Crippen LogP contribution in [-0.4, -0.2) is 42.6 Å². The summed E-state index contributed by atoms with van der Waals surface area (Å²) >= 11 is 0. The van der Waals surface area contributed by atoms with Crippen molar-refractivity contribution in [2.24, 2.45) is 5.92 Å². The highest BCUT2D eigenvalue weighted by molar-refractivity contribution is 5.94. The van der Waals surface area contributed by atoms with Crippen molar-refractivity contribution in [3.63, 3.8) is 0 Å². The maximum Gasteiger partial charge on any atom is 0.251 e. The third kappa shape index (κ3) is 4.37. The van der Waals surface area contributed by atoms with Crippen molar-refractivity contribution in [3.05, 3.63) is 29.8 Å². The second-order valence-corrected chi connectivity index (χ2v) is 5.14. The monoisotopic (exact) mass is 250 g/mol. The Bertz CT molecular complexity index is 403. The lowest BCUT2D eigenvalue weighted by atomic mass is 10.0. The first-order valence-corrected chi connectivity index (χ1v) is 6.14. The highest BCUT2D eigenvalue weighted by Gasteiger charge is 2.17. The molecule has 0 bridgehead atoms. The Kier molecular flexibility index (Phi) is 5.16. The number of phenolic OH excluding ortho intramolecular Hbond substituents is 1. The molecule has 0 saturated heterocycles. The predicted octanol–water partition coefficient (Wildman–Crippen LogP) is 1.71. The zero-order valence-electron chi connectivity index (χ0n) is 11.5. The molecular weight excluding hydrogens is 228 g/mol. The zero-order chi connectivity index (χ0) is 13.7. The molecule has 0 aliphatic carbocycles. The molecule has 4 heteroatoms. The topological polar surface area (TPSA) is 52.6 Å². The van der Waals surface area contributed by atoms with Gasteiger partial charge in [0.15, 0.2) is 0 Å². The van der Waals surface area contributed by atoms with Gasteiger partial charge in [-0.25, -0.2) is 0 Å². The van der Waals surface area contributed by atoms with E-state index in [0.29, 0.717) is 11.5 Å². The van der Waals surface area contributed by atoms with Crippen molar-refractivity contribution < 1.29 is 9.90 Å². The number of hydrogen-bond donors (Lipinski definition) is 2. The molecule has 0 fully saturated rings. The average Bonchev–Trinajstić information content (AvgIpc) is 2.27. The maximum atomic E-state index is 12.1. The number of carbonyl (C=O) groups is 1. The summed E-state index contributed by atoms with van der Waals surface area (Å²) in [5.41, 5.74) is 0.486. The van der Waals surface area contributed by atoms with E-state index in [9.17, 15) is 9.90 Å². The van der Waals surface area contributed by atoms with E-state index in [4.69, 9.17) is 0 Å². The van der Waals surface area contributed by atoms with Crippen LogP contribution < -0.4 is 5.32 Å². The van der Waals surface area contributed by atoms with Crippen LogP contribution in [0.1, 0.15) is 24.2 Å². The second kappa shape index (κ2) is 6.40. The SMILES string of the molecule is CC(C)C(CN(C)C)NC(=O)c1cccc(O)c1. The molecule has 4 nitrogen and oxygen atoms in total. The van der Waals surface area contributed by atoms with E-state index in [-0.39, 0.29) is 17.7 Å². The van der Waals surface area contributed by atoms with Crippen LogP contribution in [0.3, 0.4) is 0 Å². The number of nitrogens with one attached hydrogen (secondary N) is 1. The first-order valence-electron chi connectivity index (χ1n) is 6.14. The van der Waals surface area contributed by atoms with E-state index in [1.165, 1.54) is 6.07 Å². The number of aromatic hydroxyl groups is 1. The number of amides is 1. The summed E-state index contributed by atoms with van der Waals surface area (Å²) < 4.78 is 0. The molecule has 0 aliphatic heterocycles. The Morgan fingerprint density at radius 3 is 2.56 bits per heavy atom. The molecule has 0 saturated carbocycles. The maximum absolute atomic E-state index is 12.1. The van der Waals surface area contributed by atoms with Gasteiger partial charge in [-0.15, -0.1) is 0 Å². The van der Waals surface area contributed by atoms with Gasteiger partial charge < -0.3 is 15.3 Å². The van der Waals surface area contributed by atoms with Gasteiger partial charge in [0.1, 0.15) is 5.75 Å². The van der Waals surface area contributed by atoms with E-state index in [0.717, 1.165) is 6.54 Å². The average molecular weight is 250 g/mol. The fourth-order valence-corrected chi connectivity index (χ4v) is 1.72. The second-order valence-electron chi connectivity index (χ2n) is 5.14. The van der Waals surface area contributed by atoms with Gasteiger partial charge in [-0.2, -0.15) is 0 Å². The Hall–Kier alpha value is -1.55. The van der Waals surface area contributed by atoms with Crippen LogP contribution in [0.5, 0.6) is 5.75 Å². The molecule has 2 N–H and O–H groups in total. The van der Waals surface area contributed by atoms with Crippen molar-refractivity contribution in [2.45, 2.75) is 19.9 Å². The highest BCUT2D eigenvalue weighted by Crippen LogP contribution is 2.12. The van der Waals surface area contributed by atoms with E-state index in [1.807, 2.05) is 19.0 Å². The summed E-state index contributed by atoms with van der Waals surface area (Å²) in [5, 5.41) is 12.4. The van der Waals surface area contributed by atoms with Crippen molar-refractivity contribution in [1.82, 2.24) is 10.2 Å². The van der Waals surface area contributed by atoms with Crippen LogP contribution in [0.15, 0.2) is 24.3 Å². The fourth-order valence-electron chi connectivity index (χ4n) is 1.72. The van der Waals surface area contributed by atoms with Crippen molar-refractivity contribution in [3.8, 4) is 5.75 Å². The predicted molar refractivity (Wildman–Crippen MR) is 72.8 cm³/mol. The molecule has 1 unspecified atom stereocenters. The number of phenols is 1. The Morgan fingerprint density at radius 1 is 1.39 bits per heavy atom. The quantitative estimate of drug-likeness (QED) is 0.836. The van der Waals surface area contributed by atoms with E-state index >= 15 is 0 Å². The van der Waals surface area contributed by atoms with E-state index < -0.39 is 0 Å². The molecule has 1 rings (SSSR count). The largest absolute Gasteiger partial charge is 0.508 e. The summed E-state index contributed by atoms with van der Waals surface area (Å²) in [6.07, 6.45) is 0. The standard InChI is InChI=1S/C14H22N2O2/c1-10(2)13(9-16(3)4)15-14(18)11-6-5-7-12(17)8-11/h5-8,10,13,17H,9H2,1-4H3,(H,15,18). The van der Waals surface area contributed by atoms with Crippen LogP contribution in [0.25, 0.3) is 0 Å². The minimum Gasteiger partial charge on any atom is -0.508 e. The molecule has 1 aromatic carbocycles. The van der Waals surface area contributed by atoms with Crippen LogP contribution in [-0.2, 0) is 0 Å². The summed E-state index contributed by atoms with van der Waals surface area (Å²) in [4.78, 5) is 14.1. The summed E-state index contributed by atoms with van der Waals surface area (Å²) in [5.74, 6) is 0.316. The molecule has 0 heterocycles. The summed E-state index contributed by atoms with van der Waals surface area (Å²) in [7, 11) is 3.96. The van der Waals surface area contributed by atoms with E-state index in [1.54, 1.807) is 18.2 Å². The first-order chi connectivity index (χ1) is 8.40. The van der Waals surface area contributed by atoms with Gasteiger partial charge in [0.25, 0.3) is 5.91 Å². The zero-order valence-corrected chi connectivity index (χ0v) is 11.5.